The molecule has 0 fully saturated rings. The molecule has 0 unspecified atom stereocenters. The first kappa shape index (κ1) is 14.2. The van der Waals surface area contributed by atoms with Crippen LogP contribution >= 0.6 is 15.9 Å². The Morgan fingerprint density at radius 3 is 2.53 bits per heavy atom. The fourth-order valence-electron chi connectivity index (χ4n) is 0.973. The molecule has 1 aromatic rings. The molecule has 0 saturated heterocycles. The normalized spacial score (nSPS) is 12.5. The Morgan fingerprint density at radius 1 is 1.47 bits per heavy atom. The van der Waals surface area contributed by atoms with E-state index in [0.717, 1.165) is 12.3 Å². The van der Waals surface area contributed by atoms with Crippen LogP contribution < -0.4 is 4.74 Å². The van der Waals surface area contributed by atoms with E-state index in [1.165, 1.54) is 6.92 Å². The number of nitrogens with zero attached hydrogens (tertiary/aromatic N) is 1. The second kappa shape index (κ2) is 4.81. The summed E-state index contributed by atoms with van der Waals surface area (Å²) in [4.78, 5) is 3.16. The van der Waals surface area contributed by atoms with Crippen LogP contribution in [0.5, 0.6) is 5.75 Å². The highest BCUT2D eigenvalue weighted by molar-refractivity contribution is 9.10. The molecule has 0 radical (unpaired) electrons. The molecule has 0 aliphatic heterocycles. The Bertz CT molecular complexity index is 515. The SMILES string of the molecule is CCS(=O)(=O)c1cc(OC(F)(F)F)cnc1Br. The molecule has 0 saturated carbocycles. The summed E-state index contributed by atoms with van der Waals surface area (Å²) < 4.78 is 62.4. The maximum absolute atomic E-state index is 11.9. The minimum absolute atomic E-state index is 0.0473. The van der Waals surface area contributed by atoms with Gasteiger partial charge in [0.25, 0.3) is 0 Å². The molecule has 0 spiro atoms. The predicted octanol–water partition coefficient (Wildman–Crippen LogP) is 2.54. The lowest BCUT2D eigenvalue weighted by atomic mass is 10.5. The number of hydrogen-bond donors (Lipinski definition) is 0. The van der Waals surface area contributed by atoms with Crippen LogP contribution in [-0.4, -0.2) is 25.5 Å². The van der Waals surface area contributed by atoms with Gasteiger partial charge in [0.05, 0.1) is 11.9 Å². The molecule has 0 atom stereocenters. The molecule has 0 aliphatic rings. The van der Waals surface area contributed by atoms with Gasteiger partial charge in [-0.2, -0.15) is 0 Å². The van der Waals surface area contributed by atoms with Crippen LogP contribution in [0.3, 0.4) is 0 Å². The average molecular weight is 334 g/mol. The maximum Gasteiger partial charge on any atom is 0.573 e. The number of rotatable bonds is 3. The molecule has 1 rings (SSSR count). The third kappa shape index (κ3) is 3.84. The van der Waals surface area contributed by atoms with Gasteiger partial charge >= 0.3 is 6.36 Å². The lowest BCUT2D eigenvalue weighted by Crippen LogP contribution is -2.17. The summed E-state index contributed by atoms with van der Waals surface area (Å²) in [5.41, 5.74) is 0. The summed E-state index contributed by atoms with van der Waals surface area (Å²) in [5, 5.41) is 0. The van der Waals surface area contributed by atoms with E-state index < -0.39 is 21.9 Å². The average Bonchev–Trinajstić information content (AvgIpc) is 2.18. The second-order valence-corrected chi connectivity index (χ2v) is 5.91. The van der Waals surface area contributed by atoms with Crippen molar-refractivity contribution in [2.24, 2.45) is 0 Å². The van der Waals surface area contributed by atoms with Crippen molar-refractivity contribution in [3.8, 4) is 5.75 Å². The van der Waals surface area contributed by atoms with E-state index in [1.54, 1.807) is 0 Å². The number of hydrogen-bond acceptors (Lipinski definition) is 4. The van der Waals surface area contributed by atoms with Gasteiger partial charge in [0.15, 0.2) is 9.84 Å². The predicted molar refractivity (Wildman–Crippen MR) is 56.3 cm³/mol. The summed E-state index contributed by atoms with van der Waals surface area (Å²) in [7, 11) is -3.66. The highest BCUT2D eigenvalue weighted by Gasteiger charge is 2.32. The standard InChI is InChI=1S/C8H7BrF3NO3S/c1-2-17(14,15)6-3-5(4-13-7(6)9)16-8(10,11)12/h3-4H,2H2,1H3. The Hall–Kier alpha value is -0.830. The molecule has 9 heteroatoms. The van der Waals surface area contributed by atoms with Gasteiger partial charge in [-0.3, -0.25) is 0 Å². The van der Waals surface area contributed by atoms with Gasteiger partial charge in [0, 0.05) is 6.07 Å². The highest BCUT2D eigenvalue weighted by Crippen LogP contribution is 2.28. The summed E-state index contributed by atoms with van der Waals surface area (Å²) in [6.07, 6.45) is -4.10. The fraction of sp³-hybridized carbons (Fsp3) is 0.375. The molecule has 1 heterocycles. The van der Waals surface area contributed by atoms with Gasteiger partial charge < -0.3 is 4.74 Å². The van der Waals surface area contributed by atoms with Gasteiger partial charge in [-0.25, -0.2) is 13.4 Å². The van der Waals surface area contributed by atoms with Crippen molar-refractivity contribution in [2.45, 2.75) is 18.2 Å². The van der Waals surface area contributed by atoms with Gasteiger partial charge in [-0.1, -0.05) is 6.92 Å². The molecular formula is C8H7BrF3NO3S. The Labute approximate surface area is 104 Å². The smallest absolute Gasteiger partial charge is 0.404 e. The van der Waals surface area contributed by atoms with E-state index >= 15 is 0 Å². The zero-order valence-electron chi connectivity index (χ0n) is 8.45. The maximum atomic E-state index is 11.9. The summed E-state index contributed by atoms with van der Waals surface area (Å²) >= 11 is 2.86. The lowest BCUT2D eigenvalue weighted by molar-refractivity contribution is -0.274. The number of alkyl halides is 3. The van der Waals surface area contributed by atoms with Crippen molar-refractivity contribution in [3.05, 3.63) is 16.9 Å². The third-order valence-electron chi connectivity index (χ3n) is 1.73. The molecule has 96 valence electrons. The van der Waals surface area contributed by atoms with E-state index in [4.69, 9.17) is 0 Å². The molecule has 0 N–H and O–H groups in total. The minimum Gasteiger partial charge on any atom is -0.404 e. The topological polar surface area (TPSA) is 56.3 Å². The van der Waals surface area contributed by atoms with Crippen molar-refractivity contribution in [1.29, 1.82) is 0 Å². The number of pyridine rings is 1. The van der Waals surface area contributed by atoms with Crippen molar-refractivity contribution in [3.63, 3.8) is 0 Å². The Morgan fingerprint density at radius 2 is 2.06 bits per heavy atom. The van der Waals surface area contributed by atoms with Crippen molar-refractivity contribution >= 4 is 25.8 Å². The van der Waals surface area contributed by atoms with Crippen molar-refractivity contribution < 1.29 is 26.3 Å². The first-order chi connectivity index (χ1) is 7.65. The Balaban J connectivity index is 3.21. The molecule has 1 aromatic heterocycles. The van der Waals surface area contributed by atoms with Crippen molar-refractivity contribution in [2.75, 3.05) is 5.75 Å². The van der Waals surface area contributed by atoms with Crippen LogP contribution in [0, 0.1) is 0 Å². The number of ether oxygens (including phenoxy) is 1. The lowest BCUT2D eigenvalue weighted by Gasteiger charge is -2.10. The van der Waals surface area contributed by atoms with Crippen LogP contribution in [0.4, 0.5) is 13.2 Å². The molecule has 4 nitrogen and oxygen atoms in total. The van der Waals surface area contributed by atoms with Gasteiger partial charge in [0.1, 0.15) is 15.2 Å². The summed E-state index contributed by atoms with van der Waals surface area (Å²) in [6, 6.07) is 0.781. The van der Waals surface area contributed by atoms with Gasteiger partial charge in [-0.15, -0.1) is 13.2 Å². The highest BCUT2D eigenvalue weighted by atomic mass is 79.9. The fourth-order valence-corrected chi connectivity index (χ4v) is 2.85. The van der Waals surface area contributed by atoms with Crippen LogP contribution in [-0.2, 0) is 9.84 Å². The second-order valence-electron chi connectivity index (χ2n) is 2.91. The molecule has 0 bridgehead atoms. The van der Waals surface area contributed by atoms with Crippen LogP contribution in [0.15, 0.2) is 21.8 Å². The number of halogens is 4. The quantitative estimate of drug-likeness (QED) is 0.797. The van der Waals surface area contributed by atoms with E-state index in [1.807, 2.05) is 0 Å². The zero-order valence-corrected chi connectivity index (χ0v) is 10.9. The Kier molecular flexibility index (Phi) is 4.03. The largest absolute Gasteiger partial charge is 0.573 e. The van der Waals surface area contributed by atoms with E-state index in [0.29, 0.717) is 0 Å². The van der Waals surface area contributed by atoms with E-state index in [-0.39, 0.29) is 15.3 Å². The summed E-state index contributed by atoms with van der Waals surface area (Å²) in [5.74, 6) is -0.921. The monoisotopic (exact) mass is 333 g/mol. The minimum atomic E-state index is -4.89. The van der Waals surface area contributed by atoms with Crippen molar-refractivity contribution in [1.82, 2.24) is 4.98 Å². The van der Waals surface area contributed by atoms with Gasteiger partial charge in [0.2, 0.25) is 0 Å². The first-order valence-corrected chi connectivity index (χ1v) is 6.74. The summed E-state index contributed by atoms with van der Waals surface area (Å²) in [6.45, 7) is 1.37. The number of sulfone groups is 1. The molecular weight excluding hydrogens is 327 g/mol. The van der Waals surface area contributed by atoms with E-state index in [9.17, 15) is 21.6 Å². The molecule has 17 heavy (non-hydrogen) atoms. The molecule has 0 aromatic carbocycles. The molecule has 0 aliphatic carbocycles. The van der Waals surface area contributed by atoms with Crippen LogP contribution in [0.2, 0.25) is 0 Å². The van der Waals surface area contributed by atoms with Crippen LogP contribution in [0.1, 0.15) is 6.92 Å². The van der Waals surface area contributed by atoms with E-state index in [2.05, 4.69) is 25.7 Å². The molecule has 0 amide bonds. The van der Waals surface area contributed by atoms with Crippen LogP contribution in [0.25, 0.3) is 0 Å². The zero-order chi connectivity index (χ0) is 13.3. The van der Waals surface area contributed by atoms with Gasteiger partial charge in [-0.05, 0) is 15.9 Å². The third-order valence-corrected chi connectivity index (χ3v) is 4.37. The number of aromatic nitrogens is 1. The first-order valence-electron chi connectivity index (χ1n) is 4.30.